The average Bonchev–Trinajstić information content (AvgIpc) is 2.60. The molecule has 0 bridgehead atoms. The smallest absolute Gasteiger partial charge is 0.255 e. The molecular formula is C14H20FN3O. The summed E-state index contributed by atoms with van der Waals surface area (Å²) in [5.41, 5.74) is 0.462. The van der Waals surface area contributed by atoms with Gasteiger partial charge in [-0.1, -0.05) is 6.92 Å². The number of pyridine rings is 1. The van der Waals surface area contributed by atoms with Gasteiger partial charge in [-0.25, -0.2) is 4.98 Å². The van der Waals surface area contributed by atoms with E-state index in [-0.39, 0.29) is 11.9 Å². The SMILES string of the molecule is CCC1CN(C)CCCN1C(=O)c1ccc(F)nc1. The van der Waals surface area contributed by atoms with Crippen LogP contribution >= 0.6 is 0 Å². The Hall–Kier alpha value is -1.49. The van der Waals surface area contributed by atoms with E-state index in [0.717, 1.165) is 32.5 Å². The van der Waals surface area contributed by atoms with Crippen LogP contribution in [0.1, 0.15) is 30.1 Å². The van der Waals surface area contributed by atoms with Crippen LogP contribution in [0, 0.1) is 5.95 Å². The lowest BCUT2D eigenvalue weighted by atomic mass is 10.1. The first-order chi connectivity index (χ1) is 9.11. The minimum Gasteiger partial charge on any atom is -0.334 e. The van der Waals surface area contributed by atoms with Gasteiger partial charge >= 0.3 is 0 Å². The lowest BCUT2D eigenvalue weighted by Gasteiger charge is -2.30. The molecule has 19 heavy (non-hydrogen) atoms. The summed E-state index contributed by atoms with van der Waals surface area (Å²) in [6, 6.07) is 2.95. The van der Waals surface area contributed by atoms with Crippen LogP contribution in [-0.4, -0.2) is 53.4 Å². The number of aromatic nitrogens is 1. The standard InChI is InChI=1S/C14H20FN3O/c1-3-12-10-17(2)7-4-8-18(12)14(19)11-5-6-13(15)16-9-11/h5-6,9,12H,3-4,7-8,10H2,1-2H3. The summed E-state index contributed by atoms with van der Waals surface area (Å²) in [6.07, 6.45) is 3.21. The fraction of sp³-hybridized carbons (Fsp3) is 0.571. The van der Waals surface area contributed by atoms with Gasteiger partial charge in [-0.3, -0.25) is 4.79 Å². The molecule has 104 valence electrons. The maximum Gasteiger partial charge on any atom is 0.255 e. The van der Waals surface area contributed by atoms with E-state index in [1.807, 2.05) is 4.90 Å². The molecule has 1 unspecified atom stereocenters. The lowest BCUT2D eigenvalue weighted by molar-refractivity contribution is 0.0675. The molecular weight excluding hydrogens is 245 g/mol. The molecule has 1 aliphatic heterocycles. The maximum atomic E-state index is 12.8. The van der Waals surface area contributed by atoms with Crippen LogP contribution in [0.4, 0.5) is 4.39 Å². The Morgan fingerprint density at radius 1 is 1.47 bits per heavy atom. The molecule has 4 nitrogen and oxygen atoms in total. The second-order valence-corrected chi connectivity index (χ2v) is 5.05. The van der Waals surface area contributed by atoms with Gasteiger partial charge in [-0.15, -0.1) is 0 Å². The second-order valence-electron chi connectivity index (χ2n) is 5.05. The van der Waals surface area contributed by atoms with Gasteiger partial charge in [0, 0.05) is 25.3 Å². The van der Waals surface area contributed by atoms with E-state index in [0.29, 0.717) is 5.56 Å². The van der Waals surface area contributed by atoms with Crippen molar-refractivity contribution in [2.45, 2.75) is 25.8 Å². The monoisotopic (exact) mass is 265 g/mol. The first kappa shape index (κ1) is 13.9. The maximum absolute atomic E-state index is 12.8. The lowest BCUT2D eigenvalue weighted by Crippen LogP contribution is -2.43. The highest BCUT2D eigenvalue weighted by Gasteiger charge is 2.26. The number of hydrogen-bond acceptors (Lipinski definition) is 3. The Bertz CT molecular complexity index is 435. The number of carbonyl (C=O) groups is 1. The normalized spacial score (nSPS) is 21.2. The fourth-order valence-corrected chi connectivity index (χ4v) is 2.53. The molecule has 0 saturated carbocycles. The van der Waals surface area contributed by atoms with Gasteiger partial charge in [0.05, 0.1) is 5.56 Å². The molecule has 5 heteroatoms. The Morgan fingerprint density at radius 3 is 2.89 bits per heavy atom. The van der Waals surface area contributed by atoms with Crippen molar-refractivity contribution in [2.24, 2.45) is 0 Å². The Balaban J connectivity index is 2.17. The summed E-state index contributed by atoms with van der Waals surface area (Å²) in [5.74, 6) is -0.603. The molecule has 0 aliphatic carbocycles. The zero-order valence-electron chi connectivity index (χ0n) is 11.5. The van der Waals surface area contributed by atoms with Gasteiger partial charge in [0.15, 0.2) is 0 Å². The molecule has 2 rings (SSSR count). The van der Waals surface area contributed by atoms with Crippen LogP contribution in [0.3, 0.4) is 0 Å². The molecule has 1 aromatic heterocycles. The number of amides is 1. The summed E-state index contributed by atoms with van der Waals surface area (Å²) in [7, 11) is 2.08. The topological polar surface area (TPSA) is 36.4 Å². The van der Waals surface area contributed by atoms with Crippen LogP contribution in [0.15, 0.2) is 18.3 Å². The molecule has 1 amide bonds. The van der Waals surface area contributed by atoms with Crippen molar-refractivity contribution in [3.05, 3.63) is 29.8 Å². The van der Waals surface area contributed by atoms with Crippen molar-refractivity contribution >= 4 is 5.91 Å². The second kappa shape index (κ2) is 6.10. The number of carbonyl (C=O) groups excluding carboxylic acids is 1. The first-order valence-corrected chi connectivity index (χ1v) is 6.73. The quantitative estimate of drug-likeness (QED) is 0.765. The molecule has 1 saturated heterocycles. The van der Waals surface area contributed by atoms with E-state index in [1.165, 1.54) is 18.3 Å². The van der Waals surface area contributed by atoms with Gasteiger partial charge in [-0.05, 0) is 38.6 Å². The van der Waals surface area contributed by atoms with Crippen LogP contribution in [-0.2, 0) is 0 Å². The van der Waals surface area contributed by atoms with E-state index in [2.05, 4.69) is 23.9 Å². The number of halogens is 1. The van der Waals surface area contributed by atoms with Crippen molar-refractivity contribution in [3.63, 3.8) is 0 Å². The van der Waals surface area contributed by atoms with Crippen LogP contribution in [0.2, 0.25) is 0 Å². The van der Waals surface area contributed by atoms with E-state index in [1.54, 1.807) is 0 Å². The molecule has 1 atom stereocenters. The highest BCUT2D eigenvalue weighted by atomic mass is 19.1. The molecule has 0 N–H and O–H groups in total. The molecule has 1 fully saturated rings. The predicted molar refractivity (Wildman–Crippen MR) is 71.4 cm³/mol. The van der Waals surface area contributed by atoms with E-state index in [4.69, 9.17) is 0 Å². The van der Waals surface area contributed by atoms with Crippen molar-refractivity contribution in [1.82, 2.24) is 14.8 Å². The summed E-state index contributed by atoms with van der Waals surface area (Å²) in [4.78, 5) is 20.2. The highest BCUT2D eigenvalue weighted by Crippen LogP contribution is 2.15. The van der Waals surface area contributed by atoms with Gasteiger partial charge < -0.3 is 9.80 Å². The largest absolute Gasteiger partial charge is 0.334 e. The molecule has 1 aliphatic rings. The zero-order valence-corrected chi connectivity index (χ0v) is 11.5. The Labute approximate surface area is 113 Å². The van der Waals surface area contributed by atoms with Gasteiger partial charge in [0.1, 0.15) is 0 Å². The van der Waals surface area contributed by atoms with E-state index in [9.17, 15) is 9.18 Å². The van der Waals surface area contributed by atoms with E-state index >= 15 is 0 Å². The van der Waals surface area contributed by atoms with Crippen molar-refractivity contribution < 1.29 is 9.18 Å². The minimum absolute atomic E-state index is 0.0466. The number of nitrogens with zero attached hydrogens (tertiary/aromatic N) is 3. The Kier molecular flexibility index (Phi) is 4.47. The minimum atomic E-state index is -0.556. The zero-order chi connectivity index (χ0) is 13.8. The summed E-state index contributed by atoms with van der Waals surface area (Å²) < 4.78 is 12.8. The Morgan fingerprint density at radius 2 is 2.26 bits per heavy atom. The summed E-state index contributed by atoms with van der Waals surface area (Å²) >= 11 is 0. The molecule has 0 aromatic carbocycles. The third kappa shape index (κ3) is 3.29. The van der Waals surface area contributed by atoms with Crippen LogP contribution in [0.5, 0.6) is 0 Å². The predicted octanol–water partition coefficient (Wildman–Crippen LogP) is 1.78. The van der Waals surface area contributed by atoms with Crippen molar-refractivity contribution in [3.8, 4) is 0 Å². The summed E-state index contributed by atoms with van der Waals surface area (Å²) in [6.45, 7) is 4.73. The average molecular weight is 265 g/mol. The van der Waals surface area contributed by atoms with E-state index < -0.39 is 5.95 Å². The van der Waals surface area contributed by atoms with Gasteiger partial charge in [0.25, 0.3) is 5.91 Å². The van der Waals surface area contributed by atoms with Gasteiger partial charge in [0.2, 0.25) is 5.95 Å². The van der Waals surface area contributed by atoms with Crippen molar-refractivity contribution in [1.29, 1.82) is 0 Å². The molecule has 0 radical (unpaired) electrons. The molecule has 2 heterocycles. The number of hydrogen-bond donors (Lipinski definition) is 0. The molecule has 1 aromatic rings. The van der Waals surface area contributed by atoms with Gasteiger partial charge in [-0.2, -0.15) is 4.39 Å². The van der Waals surface area contributed by atoms with Crippen molar-refractivity contribution in [2.75, 3.05) is 26.7 Å². The van der Waals surface area contributed by atoms with Crippen LogP contribution in [0.25, 0.3) is 0 Å². The third-order valence-corrected chi connectivity index (χ3v) is 3.61. The van der Waals surface area contributed by atoms with Crippen LogP contribution < -0.4 is 0 Å². The number of likely N-dealkylation sites (N-methyl/N-ethyl adjacent to an activating group) is 1. The summed E-state index contributed by atoms with van der Waals surface area (Å²) in [5, 5.41) is 0. The third-order valence-electron chi connectivity index (χ3n) is 3.61. The number of rotatable bonds is 2. The fourth-order valence-electron chi connectivity index (χ4n) is 2.53. The molecule has 0 spiro atoms. The first-order valence-electron chi connectivity index (χ1n) is 6.73. The highest BCUT2D eigenvalue weighted by molar-refractivity contribution is 5.94.